The predicted octanol–water partition coefficient (Wildman–Crippen LogP) is 2.11. The third-order valence-electron chi connectivity index (χ3n) is 2.37. The van der Waals surface area contributed by atoms with Crippen LogP contribution in [0.5, 0.6) is 0 Å². The highest BCUT2D eigenvalue weighted by Crippen LogP contribution is 2.40. The summed E-state index contributed by atoms with van der Waals surface area (Å²) in [5.41, 5.74) is 0. The van der Waals surface area contributed by atoms with Gasteiger partial charge in [0.25, 0.3) is 0 Å². The Kier molecular flexibility index (Phi) is 3.95. The summed E-state index contributed by atoms with van der Waals surface area (Å²) >= 11 is 0. The first-order chi connectivity index (χ1) is 6.03. The first-order valence-electron chi connectivity index (χ1n) is 5.25. The summed E-state index contributed by atoms with van der Waals surface area (Å²) in [5.74, 6) is 0.838. The number of hydrogen-bond acceptors (Lipinski definition) is 2. The minimum Gasteiger partial charge on any atom is -0.396 e. The van der Waals surface area contributed by atoms with E-state index in [-0.39, 0.29) is 6.61 Å². The molecule has 1 N–H and O–H groups in total. The SMILES string of the molecule is C[Si](C)(C)C[C@H]1C[C@H]1OCCCO. The van der Waals surface area contributed by atoms with Crippen molar-refractivity contribution >= 4 is 8.07 Å². The van der Waals surface area contributed by atoms with Crippen LogP contribution in [0.1, 0.15) is 12.8 Å². The van der Waals surface area contributed by atoms with Crippen molar-refractivity contribution in [2.45, 2.75) is 44.6 Å². The molecule has 1 rings (SSSR count). The van der Waals surface area contributed by atoms with E-state index in [1.54, 1.807) is 0 Å². The van der Waals surface area contributed by atoms with E-state index in [0.29, 0.717) is 6.10 Å². The Labute approximate surface area is 82.3 Å². The number of aliphatic hydroxyl groups excluding tert-OH is 1. The van der Waals surface area contributed by atoms with Crippen molar-refractivity contribution in [3.8, 4) is 0 Å². The number of rotatable bonds is 6. The van der Waals surface area contributed by atoms with Gasteiger partial charge in [-0.2, -0.15) is 0 Å². The first-order valence-corrected chi connectivity index (χ1v) is 8.96. The Hall–Kier alpha value is 0.137. The smallest absolute Gasteiger partial charge is 0.0605 e. The zero-order valence-corrected chi connectivity index (χ0v) is 10.0. The molecule has 13 heavy (non-hydrogen) atoms. The van der Waals surface area contributed by atoms with Crippen LogP contribution in [0.2, 0.25) is 25.7 Å². The molecule has 0 aromatic rings. The summed E-state index contributed by atoms with van der Waals surface area (Å²) in [4.78, 5) is 0. The normalized spacial score (nSPS) is 27.7. The Morgan fingerprint density at radius 1 is 1.38 bits per heavy atom. The molecule has 1 aliphatic rings. The molecule has 0 aliphatic heterocycles. The molecule has 2 atom stereocenters. The lowest BCUT2D eigenvalue weighted by atomic mass is 10.5. The van der Waals surface area contributed by atoms with Gasteiger partial charge >= 0.3 is 0 Å². The van der Waals surface area contributed by atoms with Crippen LogP contribution >= 0.6 is 0 Å². The quantitative estimate of drug-likeness (QED) is 0.528. The lowest BCUT2D eigenvalue weighted by molar-refractivity contribution is 0.0954. The van der Waals surface area contributed by atoms with Crippen LogP contribution in [-0.2, 0) is 4.74 Å². The zero-order chi connectivity index (χ0) is 9.90. The first kappa shape index (κ1) is 11.2. The molecule has 0 radical (unpaired) electrons. The van der Waals surface area contributed by atoms with E-state index in [9.17, 15) is 0 Å². The van der Waals surface area contributed by atoms with Crippen LogP contribution in [0, 0.1) is 5.92 Å². The summed E-state index contributed by atoms with van der Waals surface area (Å²) in [6, 6.07) is 1.40. The van der Waals surface area contributed by atoms with E-state index >= 15 is 0 Å². The van der Waals surface area contributed by atoms with E-state index in [0.717, 1.165) is 18.9 Å². The number of ether oxygens (including phenoxy) is 1. The van der Waals surface area contributed by atoms with Gasteiger partial charge in [-0.15, -0.1) is 0 Å². The van der Waals surface area contributed by atoms with Crippen molar-refractivity contribution in [3.63, 3.8) is 0 Å². The van der Waals surface area contributed by atoms with Crippen LogP contribution in [0.15, 0.2) is 0 Å². The molecule has 78 valence electrons. The highest BCUT2D eigenvalue weighted by atomic mass is 28.3. The van der Waals surface area contributed by atoms with Crippen LogP contribution in [-0.4, -0.2) is 32.5 Å². The lowest BCUT2D eigenvalue weighted by Crippen LogP contribution is -2.20. The molecule has 0 saturated heterocycles. The topological polar surface area (TPSA) is 29.5 Å². The molecule has 0 aromatic carbocycles. The maximum Gasteiger partial charge on any atom is 0.0605 e. The van der Waals surface area contributed by atoms with Gasteiger partial charge in [0.2, 0.25) is 0 Å². The molecule has 0 amide bonds. The Morgan fingerprint density at radius 2 is 2.08 bits per heavy atom. The summed E-state index contributed by atoms with van der Waals surface area (Å²) < 4.78 is 5.61. The van der Waals surface area contributed by atoms with E-state index in [1.807, 2.05) is 0 Å². The highest BCUT2D eigenvalue weighted by Gasteiger charge is 2.40. The van der Waals surface area contributed by atoms with Gasteiger partial charge in [0.15, 0.2) is 0 Å². The largest absolute Gasteiger partial charge is 0.396 e. The fraction of sp³-hybridized carbons (Fsp3) is 1.00. The molecule has 0 spiro atoms. The van der Waals surface area contributed by atoms with Crippen molar-refractivity contribution < 1.29 is 9.84 Å². The average molecular weight is 202 g/mol. The maximum atomic E-state index is 8.58. The van der Waals surface area contributed by atoms with Gasteiger partial charge < -0.3 is 9.84 Å². The molecule has 1 aliphatic carbocycles. The van der Waals surface area contributed by atoms with Gasteiger partial charge in [0, 0.05) is 21.3 Å². The van der Waals surface area contributed by atoms with Crippen molar-refractivity contribution in [1.29, 1.82) is 0 Å². The minimum absolute atomic E-state index is 0.255. The van der Waals surface area contributed by atoms with E-state index < -0.39 is 8.07 Å². The molecule has 3 heteroatoms. The molecule has 0 aromatic heterocycles. The zero-order valence-electron chi connectivity index (χ0n) is 9.05. The molecule has 0 bridgehead atoms. The van der Waals surface area contributed by atoms with Gasteiger partial charge in [-0.3, -0.25) is 0 Å². The van der Waals surface area contributed by atoms with Crippen molar-refractivity contribution in [2.24, 2.45) is 5.92 Å². The molecule has 2 nitrogen and oxygen atoms in total. The van der Waals surface area contributed by atoms with E-state index in [1.165, 1.54) is 12.5 Å². The summed E-state index contributed by atoms with van der Waals surface area (Å²) in [5, 5.41) is 8.58. The minimum atomic E-state index is -0.877. The van der Waals surface area contributed by atoms with Gasteiger partial charge in [0.1, 0.15) is 0 Å². The second-order valence-electron chi connectivity index (χ2n) is 5.25. The summed E-state index contributed by atoms with van der Waals surface area (Å²) in [7, 11) is -0.877. The van der Waals surface area contributed by atoms with E-state index in [2.05, 4.69) is 19.6 Å². The number of aliphatic hydroxyl groups is 1. The monoisotopic (exact) mass is 202 g/mol. The van der Waals surface area contributed by atoms with Gasteiger partial charge in [-0.1, -0.05) is 25.7 Å². The molecular formula is C10H22O2Si. The fourth-order valence-electron chi connectivity index (χ4n) is 1.72. The van der Waals surface area contributed by atoms with Gasteiger partial charge in [0.05, 0.1) is 6.10 Å². The van der Waals surface area contributed by atoms with Gasteiger partial charge in [-0.05, 0) is 18.8 Å². The standard InChI is InChI=1S/C10H22O2Si/c1-13(2,3)8-9-7-10(9)12-6-4-5-11/h9-11H,4-8H2,1-3H3/t9-,10-/m1/s1. The Morgan fingerprint density at radius 3 is 2.62 bits per heavy atom. The molecular weight excluding hydrogens is 180 g/mol. The summed E-state index contributed by atoms with van der Waals surface area (Å²) in [6.07, 6.45) is 2.57. The lowest BCUT2D eigenvalue weighted by Gasteiger charge is -2.14. The molecule has 0 unspecified atom stereocenters. The van der Waals surface area contributed by atoms with Crippen LogP contribution in [0.4, 0.5) is 0 Å². The van der Waals surface area contributed by atoms with Crippen LogP contribution < -0.4 is 0 Å². The number of hydrogen-bond donors (Lipinski definition) is 1. The highest BCUT2D eigenvalue weighted by molar-refractivity contribution is 6.76. The second-order valence-corrected chi connectivity index (χ2v) is 10.8. The average Bonchev–Trinajstić information content (AvgIpc) is 2.65. The van der Waals surface area contributed by atoms with Crippen molar-refractivity contribution in [2.75, 3.05) is 13.2 Å². The third-order valence-corrected chi connectivity index (χ3v) is 4.12. The third kappa shape index (κ3) is 4.79. The maximum absolute atomic E-state index is 8.58. The Bertz CT molecular complexity index is 153. The second kappa shape index (κ2) is 4.58. The van der Waals surface area contributed by atoms with Crippen molar-refractivity contribution in [1.82, 2.24) is 0 Å². The molecule has 1 saturated carbocycles. The van der Waals surface area contributed by atoms with Crippen molar-refractivity contribution in [3.05, 3.63) is 0 Å². The molecule has 1 fully saturated rings. The molecule has 0 heterocycles. The van der Waals surface area contributed by atoms with Crippen LogP contribution in [0.25, 0.3) is 0 Å². The van der Waals surface area contributed by atoms with Crippen LogP contribution in [0.3, 0.4) is 0 Å². The summed E-state index contributed by atoms with van der Waals surface area (Å²) in [6.45, 7) is 8.23. The Balaban J connectivity index is 2.03. The fourth-order valence-corrected chi connectivity index (χ4v) is 3.73. The predicted molar refractivity (Wildman–Crippen MR) is 57.7 cm³/mol. The van der Waals surface area contributed by atoms with Gasteiger partial charge in [-0.25, -0.2) is 0 Å². The van der Waals surface area contributed by atoms with E-state index in [4.69, 9.17) is 9.84 Å².